The van der Waals surface area contributed by atoms with Crippen molar-refractivity contribution >= 4 is 38.9 Å². The van der Waals surface area contributed by atoms with Crippen LogP contribution in [-0.4, -0.2) is 20.9 Å². The third-order valence-electron chi connectivity index (χ3n) is 4.83. The quantitative estimate of drug-likeness (QED) is 0.329. The molecule has 4 aromatic rings. The molecule has 1 N–H and O–H groups in total. The molecule has 0 saturated carbocycles. The summed E-state index contributed by atoms with van der Waals surface area (Å²) in [6.45, 7) is -0.431. The lowest BCUT2D eigenvalue weighted by Gasteiger charge is -2.24. The van der Waals surface area contributed by atoms with Crippen LogP contribution in [-0.2, 0) is 14.8 Å². The lowest BCUT2D eigenvalue weighted by atomic mass is 10.3. The summed E-state index contributed by atoms with van der Waals surface area (Å²) in [7, 11) is -4.01. The molecule has 6 nitrogen and oxygen atoms in total. The van der Waals surface area contributed by atoms with Gasteiger partial charge in [0.15, 0.2) is 0 Å². The Kier molecular flexibility index (Phi) is 7.15. The molecule has 0 aliphatic rings. The number of benzene rings is 4. The summed E-state index contributed by atoms with van der Waals surface area (Å²) in [6, 6.07) is 30.5. The maximum Gasteiger partial charge on any atom is 0.264 e. The fraction of sp³-hybridized carbons (Fsp3) is 0.0385. The summed E-state index contributed by atoms with van der Waals surface area (Å²) < 4.78 is 33.5. The number of halogens is 1. The number of nitrogens with one attached hydrogen (secondary N) is 1. The predicted molar refractivity (Wildman–Crippen MR) is 134 cm³/mol. The third kappa shape index (κ3) is 5.75. The Labute approximate surface area is 203 Å². The van der Waals surface area contributed by atoms with Gasteiger partial charge in [-0.1, -0.05) is 54.1 Å². The second-order valence-corrected chi connectivity index (χ2v) is 9.59. The molecule has 0 bridgehead atoms. The molecule has 4 rings (SSSR count). The van der Waals surface area contributed by atoms with E-state index < -0.39 is 22.5 Å². The fourth-order valence-electron chi connectivity index (χ4n) is 3.23. The number of para-hydroxylation sites is 1. The molecule has 0 spiro atoms. The number of amides is 1. The standard InChI is InChI=1S/C26H21ClN2O4S/c27-20-8-7-9-22(18-20)29(34(31,32)25-12-5-2-6-13-25)19-26(30)28-21-14-16-24(17-15-21)33-23-10-3-1-4-11-23/h1-18H,19H2,(H,28,30). The van der Waals surface area contributed by atoms with Crippen molar-refractivity contribution < 1.29 is 17.9 Å². The minimum atomic E-state index is -4.01. The molecule has 1 amide bonds. The van der Waals surface area contributed by atoms with Crippen LogP contribution in [0.15, 0.2) is 114 Å². The first kappa shape index (κ1) is 23.4. The van der Waals surface area contributed by atoms with Crippen LogP contribution in [0.3, 0.4) is 0 Å². The predicted octanol–water partition coefficient (Wildman–Crippen LogP) is 5.97. The number of rotatable bonds is 8. The second-order valence-electron chi connectivity index (χ2n) is 7.29. The summed E-state index contributed by atoms with van der Waals surface area (Å²) >= 11 is 6.09. The van der Waals surface area contributed by atoms with Gasteiger partial charge in [0, 0.05) is 10.7 Å². The molecule has 0 fully saturated rings. The number of hydrogen-bond donors (Lipinski definition) is 1. The zero-order chi connectivity index (χ0) is 24.0. The molecule has 0 radical (unpaired) electrons. The number of ether oxygens (including phenoxy) is 1. The molecule has 8 heteroatoms. The minimum Gasteiger partial charge on any atom is -0.457 e. The zero-order valence-electron chi connectivity index (χ0n) is 18.0. The molecule has 0 heterocycles. The molecule has 0 atom stereocenters. The molecule has 0 aliphatic carbocycles. The Morgan fingerprint density at radius 2 is 1.41 bits per heavy atom. The van der Waals surface area contributed by atoms with Crippen LogP contribution in [0.5, 0.6) is 11.5 Å². The van der Waals surface area contributed by atoms with E-state index in [0.29, 0.717) is 22.2 Å². The van der Waals surface area contributed by atoms with Crippen LogP contribution >= 0.6 is 11.6 Å². The number of sulfonamides is 1. The largest absolute Gasteiger partial charge is 0.457 e. The van der Waals surface area contributed by atoms with Crippen LogP contribution in [0.4, 0.5) is 11.4 Å². The highest BCUT2D eigenvalue weighted by atomic mass is 35.5. The first-order chi connectivity index (χ1) is 16.4. The number of anilines is 2. The molecule has 172 valence electrons. The summed E-state index contributed by atoms with van der Waals surface area (Å²) in [5, 5.41) is 3.10. The van der Waals surface area contributed by atoms with Crippen LogP contribution in [0.2, 0.25) is 5.02 Å². The van der Waals surface area contributed by atoms with E-state index in [0.717, 1.165) is 4.31 Å². The van der Waals surface area contributed by atoms with Gasteiger partial charge in [0.25, 0.3) is 10.0 Å². The molecular weight excluding hydrogens is 472 g/mol. The van der Waals surface area contributed by atoms with Gasteiger partial charge in [-0.25, -0.2) is 8.42 Å². The van der Waals surface area contributed by atoms with E-state index in [1.54, 1.807) is 60.7 Å². The first-order valence-electron chi connectivity index (χ1n) is 10.4. The second kappa shape index (κ2) is 10.4. The van der Waals surface area contributed by atoms with E-state index in [9.17, 15) is 13.2 Å². The van der Waals surface area contributed by atoms with Gasteiger partial charge in [0.2, 0.25) is 5.91 Å². The van der Waals surface area contributed by atoms with Gasteiger partial charge in [-0.15, -0.1) is 0 Å². The first-order valence-corrected chi connectivity index (χ1v) is 12.2. The van der Waals surface area contributed by atoms with E-state index in [1.165, 1.54) is 18.2 Å². The zero-order valence-corrected chi connectivity index (χ0v) is 19.5. The molecule has 0 aromatic heterocycles. The maximum atomic E-state index is 13.3. The third-order valence-corrected chi connectivity index (χ3v) is 6.85. The minimum absolute atomic E-state index is 0.0742. The summed E-state index contributed by atoms with van der Waals surface area (Å²) in [5.74, 6) is 0.801. The van der Waals surface area contributed by atoms with Crippen LogP contribution < -0.4 is 14.4 Å². The van der Waals surface area contributed by atoms with E-state index in [4.69, 9.17) is 16.3 Å². The highest BCUT2D eigenvalue weighted by Crippen LogP contribution is 2.27. The lowest BCUT2D eigenvalue weighted by molar-refractivity contribution is -0.114. The molecule has 0 saturated heterocycles. The highest BCUT2D eigenvalue weighted by Gasteiger charge is 2.27. The fourth-order valence-corrected chi connectivity index (χ4v) is 4.85. The van der Waals surface area contributed by atoms with Crippen molar-refractivity contribution in [1.29, 1.82) is 0 Å². The van der Waals surface area contributed by atoms with Crippen molar-refractivity contribution in [3.8, 4) is 11.5 Å². The smallest absolute Gasteiger partial charge is 0.264 e. The average Bonchev–Trinajstić information content (AvgIpc) is 2.85. The Morgan fingerprint density at radius 3 is 2.06 bits per heavy atom. The van der Waals surface area contributed by atoms with Crippen molar-refractivity contribution in [1.82, 2.24) is 0 Å². The van der Waals surface area contributed by atoms with Crippen LogP contribution in [0.25, 0.3) is 0 Å². The molecule has 0 unspecified atom stereocenters. The molecule has 34 heavy (non-hydrogen) atoms. The number of hydrogen-bond acceptors (Lipinski definition) is 4. The van der Waals surface area contributed by atoms with Crippen molar-refractivity contribution in [2.24, 2.45) is 0 Å². The SMILES string of the molecule is O=C(CN(c1cccc(Cl)c1)S(=O)(=O)c1ccccc1)Nc1ccc(Oc2ccccc2)cc1. The monoisotopic (exact) mass is 492 g/mol. The summed E-state index contributed by atoms with van der Waals surface area (Å²) in [4.78, 5) is 12.9. The maximum absolute atomic E-state index is 13.3. The van der Waals surface area contributed by atoms with E-state index in [2.05, 4.69) is 5.32 Å². The van der Waals surface area contributed by atoms with Gasteiger partial charge >= 0.3 is 0 Å². The molecular formula is C26H21ClN2O4S. The average molecular weight is 493 g/mol. The normalized spacial score (nSPS) is 11.0. The molecule has 4 aromatic carbocycles. The van der Waals surface area contributed by atoms with Crippen LogP contribution in [0, 0.1) is 0 Å². The van der Waals surface area contributed by atoms with Crippen molar-refractivity contribution in [2.75, 3.05) is 16.2 Å². The van der Waals surface area contributed by atoms with Crippen LogP contribution in [0.1, 0.15) is 0 Å². The van der Waals surface area contributed by atoms with E-state index in [-0.39, 0.29) is 10.6 Å². The van der Waals surface area contributed by atoms with Gasteiger partial charge in [0.05, 0.1) is 10.6 Å². The Balaban J connectivity index is 1.52. The van der Waals surface area contributed by atoms with Crippen molar-refractivity contribution in [3.63, 3.8) is 0 Å². The Morgan fingerprint density at radius 1 is 0.794 bits per heavy atom. The number of carbonyl (C=O) groups is 1. The van der Waals surface area contributed by atoms with Gasteiger partial charge in [-0.05, 0) is 66.7 Å². The lowest BCUT2D eigenvalue weighted by Crippen LogP contribution is -2.38. The summed E-state index contributed by atoms with van der Waals surface area (Å²) in [6.07, 6.45) is 0. The van der Waals surface area contributed by atoms with Crippen molar-refractivity contribution in [3.05, 3.63) is 114 Å². The van der Waals surface area contributed by atoms with E-state index >= 15 is 0 Å². The number of carbonyl (C=O) groups excluding carboxylic acids is 1. The van der Waals surface area contributed by atoms with Gasteiger partial charge in [-0.3, -0.25) is 9.10 Å². The van der Waals surface area contributed by atoms with E-state index in [1.807, 2.05) is 30.3 Å². The van der Waals surface area contributed by atoms with Gasteiger partial charge < -0.3 is 10.1 Å². The topological polar surface area (TPSA) is 75.7 Å². The summed E-state index contributed by atoms with van der Waals surface area (Å²) in [5.41, 5.74) is 0.798. The highest BCUT2D eigenvalue weighted by molar-refractivity contribution is 7.92. The van der Waals surface area contributed by atoms with Crippen molar-refractivity contribution in [2.45, 2.75) is 4.90 Å². The number of nitrogens with zero attached hydrogens (tertiary/aromatic N) is 1. The van der Waals surface area contributed by atoms with Gasteiger partial charge in [-0.2, -0.15) is 0 Å². The Hall–Kier alpha value is -3.81. The Bertz CT molecular complexity index is 1360. The molecule has 0 aliphatic heterocycles. The van der Waals surface area contributed by atoms with Gasteiger partial charge in [0.1, 0.15) is 18.0 Å².